The third-order valence-corrected chi connectivity index (χ3v) is 2.28. The Hall–Kier alpha value is -0.160. The van der Waals surface area contributed by atoms with Crippen molar-refractivity contribution in [3.05, 3.63) is 0 Å². The van der Waals surface area contributed by atoms with E-state index in [1.54, 1.807) is 14.2 Å². The zero-order valence-corrected chi connectivity index (χ0v) is 7.69. The summed E-state index contributed by atoms with van der Waals surface area (Å²) in [7, 11) is 3.15. The van der Waals surface area contributed by atoms with Crippen LogP contribution in [0.15, 0.2) is 0 Å². The fourth-order valence-corrected chi connectivity index (χ4v) is 1.42. The van der Waals surface area contributed by atoms with Crippen molar-refractivity contribution in [1.29, 1.82) is 0 Å². The Morgan fingerprint density at radius 1 is 1.33 bits per heavy atom. The minimum Gasteiger partial charge on any atom is -0.388 e. The molecule has 4 heteroatoms. The normalized spacial score (nSPS) is 43.0. The number of methoxy groups -OCH3 is 2. The van der Waals surface area contributed by atoms with E-state index in [1.165, 1.54) is 0 Å². The molecule has 1 saturated heterocycles. The maximum Gasteiger partial charge on any atom is 0.114 e. The molecule has 0 aromatic heterocycles. The number of hydrogen-bond donors (Lipinski definition) is 1. The minimum atomic E-state index is -0.603. The van der Waals surface area contributed by atoms with Crippen molar-refractivity contribution in [2.75, 3.05) is 20.8 Å². The molecule has 0 radical (unpaired) electrons. The van der Waals surface area contributed by atoms with Gasteiger partial charge in [-0.05, 0) is 6.92 Å². The summed E-state index contributed by atoms with van der Waals surface area (Å²) in [6.07, 6.45) is -1.23. The van der Waals surface area contributed by atoms with E-state index in [-0.39, 0.29) is 18.3 Å². The third kappa shape index (κ3) is 1.77. The minimum absolute atomic E-state index is 0.166. The Kier molecular flexibility index (Phi) is 3.46. The first kappa shape index (κ1) is 9.92. The van der Waals surface area contributed by atoms with Crippen molar-refractivity contribution >= 4 is 0 Å². The van der Waals surface area contributed by atoms with E-state index >= 15 is 0 Å². The smallest absolute Gasteiger partial charge is 0.114 e. The van der Waals surface area contributed by atoms with Gasteiger partial charge in [0.05, 0.1) is 12.7 Å². The summed E-state index contributed by atoms with van der Waals surface area (Å²) in [5, 5.41) is 9.61. The van der Waals surface area contributed by atoms with Crippen LogP contribution in [0.3, 0.4) is 0 Å². The van der Waals surface area contributed by atoms with Crippen LogP contribution in [-0.2, 0) is 14.2 Å². The molecule has 0 amide bonds. The average molecular weight is 176 g/mol. The summed E-state index contributed by atoms with van der Waals surface area (Å²) in [6, 6.07) is 0. The van der Waals surface area contributed by atoms with Crippen molar-refractivity contribution in [3.8, 4) is 0 Å². The standard InChI is InChI=1S/C8H16O4/c1-5-7(9)8(11-3)6(10-2)4-12-5/h5-9H,4H2,1-3H3/t5?,6?,7-,8?/m0/s1. The van der Waals surface area contributed by atoms with Crippen molar-refractivity contribution in [3.63, 3.8) is 0 Å². The Morgan fingerprint density at radius 2 is 2.00 bits per heavy atom. The highest BCUT2D eigenvalue weighted by Gasteiger charge is 2.37. The van der Waals surface area contributed by atoms with Crippen LogP contribution in [0.4, 0.5) is 0 Å². The molecule has 0 aromatic carbocycles. The second kappa shape index (κ2) is 4.18. The SMILES string of the molecule is COC1COC(C)[C@H](O)C1OC. The summed E-state index contributed by atoms with van der Waals surface area (Å²) in [6.45, 7) is 2.30. The van der Waals surface area contributed by atoms with Gasteiger partial charge in [-0.15, -0.1) is 0 Å². The van der Waals surface area contributed by atoms with E-state index in [1.807, 2.05) is 6.92 Å². The van der Waals surface area contributed by atoms with E-state index in [9.17, 15) is 5.11 Å². The average Bonchev–Trinajstić information content (AvgIpc) is 2.09. The van der Waals surface area contributed by atoms with Crippen LogP contribution in [0.5, 0.6) is 0 Å². The number of hydrogen-bond acceptors (Lipinski definition) is 4. The van der Waals surface area contributed by atoms with Gasteiger partial charge in [0.25, 0.3) is 0 Å². The number of rotatable bonds is 2. The van der Waals surface area contributed by atoms with Gasteiger partial charge in [-0.2, -0.15) is 0 Å². The van der Waals surface area contributed by atoms with Crippen LogP contribution in [-0.4, -0.2) is 50.3 Å². The van der Waals surface area contributed by atoms with Crippen molar-refractivity contribution < 1.29 is 19.3 Å². The molecule has 0 aliphatic carbocycles. The zero-order valence-electron chi connectivity index (χ0n) is 7.69. The number of aliphatic hydroxyl groups is 1. The van der Waals surface area contributed by atoms with Gasteiger partial charge >= 0.3 is 0 Å². The predicted molar refractivity (Wildman–Crippen MR) is 43.0 cm³/mol. The molecular weight excluding hydrogens is 160 g/mol. The van der Waals surface area contributed by atoms with E-state index in [0.29, 0.717) is 6.61 Å². The highest BCUT2D eigenvalue weighted by Crippen LogP contribution is 2.19. The lowest BCUT2D eigenvalue weighted by atomic mass is 10.0. The van der Waals surface area contributed by atoms with Crippen LogP contribution in [0, 0.1) is 0 Å². The Morgan fingerprint density at radius 3 is 2.50 bits per heavy atom. The lowest BCUT2D eigenvalue weighted by Gasteiger charge is -2.37. The van der Waals surface area contributed by atoms with Crippen LogP contribution in [0.25, 0.3) is 0 Å². The van der Waals surface area contributed by atoms with Crippen molar-refractivity contribution in [1.82, 2.24) is 0 Å². The van der Waals surface area contributed by atoms with Crippen molar-refractivity contribution in [2.24, 2.45) is 0 Å². The van der Waals surface area contributed by atoms with Crippen molar-refractivity contribution in [2.45, 2.75) is 31.3 Å². The number of aliphatic hydroxyl groups excluding tert-OH is 1. The molecule has 3 unspecified atom stereocenters. The van der Waals surface area contributed by atoms with Gasteiger partial charge in [-0.3, -0.25) is 0 Å². The first-order chi connectivity index (χ1) is 5.70. The summed E-state index contributed by atoms with van der Waals surface area (Å²) in [4.78, 5) is 0. The Labute approximate surface area is 72.4 Å². The molecule has 72 valence electrons. The van der Waals surface area contributed by atoms with E-state index in [4.69, 9.17) is 14.2 Å². The maximum atomic E-state index is 9.61. The Balaban J connectivity index is 2.58. The molecule has 1 fully saturated rings. The second-order valence-electron chi connectivity index (χ2n) is 3.00. The molecule has 1 N–H and O–H groups in total. The van der Waals surface area contributed by atoms with E-state index in [2.05, 4.69) is 0 Å². The fraction of sp³-hybridized carbons (Fsp3) is 1.00. The summed E-state index contributed by atoms with van der Waals surface area (Å²) in [5.74, 6) is 0. The molecular formula is C8H16O4. The van der Waals surface area contributed by atoms with Gasteiger partial charge in [0.15, 0.2) is 0 Å². The maximum absolute atomic E-state index is 9.61. The second-order valence-corrected chi connectivity index (χ2v) is 3.00. The summed E-state index contributed by atoms with van der Waals surface area (Å²) >= 11 is 0. The topological polar surface area (TPSA) is 47.9 Å². The molecule has 0 bridgehead atoms. The van der Waals surface area contributed by atoms with Gasteiger partial charge in [0.2, 0.25) is 0 Å². The first-order valence-corrected chi connectivity index (χ1v) is 4.06. The molecule has 1 aliphatic heterocycles. The number of ether oxygens (including phenoxy) is 3. The van der Waals surface area contributed by atoms with Gasteiger partial charge in [0, 0.05) is 14.2 Å². The molecule has 0 spiro atoms. The van der Waals surface area contributed by atoms with Crippen LogP contribution >= 0.6 is 0 Å². The highest BCUT2D eigenvalue weighted by molar-refractivity contribution is 4.86. The molecule has 4 nitrogen and oxygen atoms in total. The molecule has 1 aliphatic rings. The van der Waals surface area contributed by atoms with Gasteiger partial charge in [0.1, 0.15) is 18.3 Å². The van der Waals surface area contributed by atoms with Gasteiger partial charge in [-0.1, -0.05) is 0 Å². The largest absolute Gasteiger partial charge is 0.388 e. The quantitative estimate of drug-likeness (QED) is 0.632. The summed E-state index contributed by atoms with van der Waals surface area (Å²) in [5.41, 5.74) is 0. The lowest BCUT2D eigenvalue weighted by molar-refractivity contribution is -0.198. The van der Waals surface area contributed by atoms with Crippen LogP contribution in [0.1, 0.15) is 6.92 Å². The lowest BCUT2D eigenvalue weighted by Crippen LogP contribution is -2.53. The fourth-order valence-electron chi connectivity index (χ4n) is 1.42. The molecule has 1 heterocycles. The predicted octanol–water partition coefficient (Wildman–Crippen LogP) is -0.204. The molecule has 0 aromatic rings. The molecule has 0 saturated carbocycles. The molecule has 4 atom stereocenters. The van der Waals surface area contributed by atoms with Gasteiger partial charge < -0.3 is 19.3 Å². The highest BCUT2D eigenvalue weighted by atomic mass is 16.6. The van der Waals surface area contributed by atoms with Crippen LogP contribution in [0.2, 0.25) is 0 Å². The Bertz CT molecular complexity index is 137. The summed E-state index contributed by atoms with van der Waals surface area (Å²) < 4.78 is 15.5. The molecule has 1 rings (SSSR count). The zero-order chi connectivity index (χ0) is 9.14. The first-order valence-electron chi connectivity index (χ1n) is 4.06. The van der Waals surface area contributed by atoms with Gasteiger partial charge in [-0.25, -0.2) is 0 Å². The third-order valence-electron chi connectivity index (χ3n) is 2.28. The van der Waals surface area contributed by atoms with E-state index in [0.717, 1.165) is 0 Å². The van der Waals surface area contributed by atoms with Crippen LogP contribution < -0.4 is 0 Å². The van der Waals surface area contributed by atoms with E-state index < -0.39 is 6.10 Å². The monoisotopic (exact) mass is 176 g/mol. The molecule has 12 heavy (non-hydrogen) atoms.